The molecule has 2 aromatic carbocycles. The van der Waals surface area contributed by atoms with Crippen LogP contribution in [0.25, 0.3) is 0 Å². The smallest absolute Gasteiger partial charge is 0.387 e. The molecule has 0 aliphatic rings. The van der Waals surface area contributed by atoms with Crippen molar-refractivity contribution in [3.05, 3.63) is 58.1 Å². The summed E-state index contributed by atoms with van der Waals surface area (Å²) in [5.74, 6) is -0.820. The summed E-state index contributed by atoms with van der Waals surface area (Å²) in [5, 5.41) is 20.6. The maximum absolute atomic E-state index is 12.1. The number of esters is 1. The van der Waals surface area contributed by atoms with E-state index in [4.69, 9.17) is 16.3 Å². The van der Waals surface area contributed by atoms with E-state index >= 15 is 0 Å². The van der Waals surface area contributed by atoms with E-state index < -0.39 is 18.7 Å². The number of carbonyl (C=O) groups excluding carboxylic acids is 1. The van der Waals surface area contributed by atoms with E-state index in [1.165, 1.54) is 43.3 Å². The molecule has 25 heavy (non-hydrogen) atoms. The predicted molar refractivity (Wildman–Crippen MR) is 85.7 cm³/mol. The van der Waals surface area contributed by atoms with Gasteiger partial charge in [0, 0.05) is 12.5 Å². The SMILES string of the molecule is CC(=O)OCc1cc(O)c(C(O)c2ccc(OC(F)F)cc2)c(Cl)c1. The molecule has 0 fully saturated rings. The quantitative estimate of drug-likeness (QED) is 0.754. The molecule has 0 amide bonds. The third-order valence-electron chi connectivity index (χ3n) is 3.30. The summed E-state index contributed by atoms with van der Waals surface area (Å²) < 4.78 is 33.3. The monoisotopic (exact) mass is 372 g/mol. The molecule has 1 atom stereocenters. The summed E-state index contributed by atoms with van der Waals surface area (Å²) >= 11 is 6.11. The average molecular weight is 373 g/mol. The van der Waals surface area contributed by atoms with E-state index in [1.807, 2.05) is 0 Å². The topological polar surface area (TPSA) is 76.0 Å². The van der Waals surface area contributed by atoms with E-state index in [2.05, 4.69) is 4.74 Å². The van der Waals surface area contributed by atoms with Gasteiger partial charge in [-0.05, 0) is 35.4 Å². The van der Waals surface area contributed by atoms with Crippen LogP contribution >= 0.6 is 11.6 Å². The van der Waals surface area contributed by atoms with E-state index in [0.717, 1.165) is 0 Å². The first-order valence-electron chi connectivity index (χ1n) is 7.15. The second-order valence-electron chi connectivity index (χ2n) is 5.14. The minimum atomic E-state index is -2.95. The molecule has 0 bridgehead atoms. The van der Waals surface area contributed by atoms with Crippen molar-refractivity contribution in [1.82, 2.24) is 0 Å². The molecule has 8 heteroatoms. The van der Waals surface area contributed by atoms with Crippen LogP contribution in [0, 0.1) is 0 Å². The zero-order valence-electron chi connectivity index (χ0n) is 13.1. The molecule has 0 heterocycles. The number of ether oxygens (including phenoxy) is 2. The fourth-order valence-electron chi connectivity index (χ4n) is 2.20. The lowest BCUT2D eigenvalue weighted by molar-refractivity contribution is -0.142. The normalized spacial score (nSPS) is 12.1. The summed E-state index contributed by atoms with van der Waals surface area (Å²) in [7, 11) is 0. The highest BCUT2D eigenvalue weighted by molar-refractivity contribution is 6.31. The van der Waals surface area contributed by atoms with E-state index in [9.17, 15) is 23.8 Å². The minimum Gasteiger partial charge on any atom is -0.507 e. The fourth-order valence-corrected chi connectivity index (χ4v) is 2.54. The van der Waals surface area contributed by atoms with Gasteiger partial charge >= 0.3 is 12.6 Å². The first-order valence-corrected chi connectivity index (χ1v) is 7.53. The number of phenols is 1. The first kappa shape index (κ1) is 19.0. The molecular formula is C17H15ClF2O5. The van der Waals surface area contributed by atoms with Crippen LogP contribution in [0.4, 0.5) is 8.78 Å². The van der Waals surface area contributed by atoms with Crippen LogP contribution in [-0.4, -0.2) is 22.8 Å². The Morgan fingerprint density at radius 2 is 1.88 bits per heavy atom. The number of phenolic OH excluding ortho intramolecular Hbond substituents is 1. The van der Waals surface area contributed by atoms with Crippen LogP contribution in [0.5, 0.6) is 11.5 Å². The maximum Gasteiger partial charge on any atom is 0.387 e. The molecule has 0 aromatic heterocycles. The number of alkyl halides is 2. The lowest BCUT2D eigenvalue weighted by Crippen LogP contribution is -2.05. The van der Waals surface area contributed by atoms with Crippen LogP contribution in [0.2, 0.25) is 5.02 Å². The van der Waals surface area contributed by atoms with Gasteiger partial charge in [-0.2, -0.15) is 8.78 Å². The van der Waals surface area contributed by atoms with Crippen molar-refractivity contribution < 1.29 is 33.3 Å². The highest BCUT2D eigenvalue weighted by Gasteiger charge is 2.20. The number of carbonyl (C=O) groups is 1. The Balaban J connectivity index is 2.23. The number of rotatable bonds is 6. The van der Waals surface area contributed by atoms with Gasteiger partial charge in [0.05, 0.1) is 5.02 Å². The number of aliphatic hydroxyl groups excluding tert-OH is 1. The highest BCUT2D eigenvalue weighted by Crippen LogP contribution is 2.37. The molecule has 0 saturated heterocycles. The third-order valence-corrected chi connectivity index (χ3v) is 3.62. The Labute approximate surface area is 147 Å². The van der Waals surface area contributed by atoms with Crippen molar-refractivity contribution in [2.24, 2.45) is 0 Å². The average Bonchev–Trinajstić information content (AvgIpc) is 2.52. The van der Waals surface area contributed by atoms with Gasteiger partial charge in [0.15, 0.2) is 0 Å². The third kappa shape index (κ3) is 5.04. The molecule has 134 valence electrons. The number of halogens is 3. The van der Waals surface area contributed by atoms with Crippen LogP contribution in [0.15, 0.2) is 36.4 Å². The molecule has 1 unspecified atom stereocenters. The standard InChI is InChI=1S/C17H15ClF2O5/c1-9(21)24-8-10-6-13(18)15(14(22)7-10)16(23)11-2-4-12(5-3-11)25-17(19)20/h2-7,16-17,22-23H,8H2,1H3. The van der Waals surface area contributed by atoms with Gasteiger partial charge in [-0.15, -0.1) is 0 Å². The predicted octanol–water partition coefficient (Wildman–Crippen LogP) is 3.79. The van der Waals surface area contributed by atoms with Crippen molar-refractivity contribution in [2.75, 3.05) is 0 Å². The number of aromatic hydroxyl groups is 1. The van der Waals surface area contributed by atoms with Gasteiger partial charge in [-0.1, -0.05) is 23.7 Å². The van der Waals surface area contributed by atoms with Crippen molar-refractivity contribution in [3.63, 3.8) is 0 Å². The van der Waals surface area contributed by atoms with Crippen LogP contribution in [-0.2, 0) is 16.1 Å². The summed E-state index contributed by atoms with van der Waals surface area (Å²) in [6.07, 6.45) is -1.28. The van der Waals surface area contributed by atoms with Gasteiger partial charge in [0.2, 0.25) is 0 Å². The molecule has 0 radical (unpaired) electrons. The Morgan fingerprint density at radius 1 is 1.24 bits per heavy atom. The molecular weight excluding hydrogens is 358 g/mol. The molecule has 2 rings (SSSR count). The van der Waals surface area contributed by atoms with Gasteiger partial charge in [0.1, 0.15) is 24.2 Å². The molecule has 0 aliphatic heterocycles. The largest absolute Gasteiger partial charge is 0.507 e. The molecule has 5 nitrogen and oxygen atoms in total. The molecule has 2 N–H and O–H groups in total. The number of hydrogen-bond acceptors (Lipinski definition) is 5. The van der Waals surface area contributed by atoms with E-state index in [1.54, 1.807) is 0 Å². The summed E-state index contributed by atoms with van der Waals surface area (Å²) in [5.41, 5.74) is 0.830. The number of hydrogen-bond donors (Lipinski definition) is 2. The van der Waals surface area contributed by atoms with Gasteiger partial charge in [-0.25, -0.2) is 0 Å². The zero-order valence-corrected chi connectivity index (χ0v) is 13.8. The zero-order chi connectivity index (χ0) is 18.6. The van der Waals surface area contributed by atoms with Gasteiger partial charge < -0.3 is 19.7 Å². The molecule has 2 aromatic rings. The van der Waals surface area contributed by atoms with E-state index in [-0.39, 0.29) is 28.7 Å². The lowest BCUT2D eigenvalue weighted by atomic mass is 9.99. The molecule has 0 aliphatic carbocycles. The van der Waals surface area contributed by atoms with Crippen molar-refractivity contribution >= 4 is 17.6 Å². The van der Waals surface area contributed by atoms with Crippen LogP contribution in [0.3, 0.4) is 0 Å². The number of aliphatic hydroxyl groups is 1. The summed E-state index contributed by atoms with van der Waals surface area (Å²) in [6.45, 7) is -1.77. The highest BCUT2D eigenvalue weighted by atomic mass is 35.5. The van der Waals surface area contributed by atoms with Crippen LogP contribution < -0.4 is 4.74 Å². The Kier molecular flexibility index (Phi) is 6.17. The minimum absolute atomic E-state index is 0.0516. The second-order valence-corrected chi connectivity index (χ2v) is 5.55. The number of benzene rings is 2. The molecule has 0 saturated carbocycles. The summed E-state index contributed by atoms with van der Waals surface area (Å²) in [4.78, 5) is 10.8. The first-order chi connectivity index (χ1) is 11.8. The van der Waals surface area contributed by atoms with Crippen molar-refractivity contribution in [3.8, 4) is 11.5 Å². The second kappa shape index (κ2) is 8.13. The van der Waals surface area contributed by atoms with Gasteiger partial charge in [-0.3, -0.25) is 4.79 Å². The van der Waals surface area contributed by atoms with Crippen molar-refractivity contribution in [2.45, 2.75) is 26.2 Å². The van der Waals surface area contributed by atoms with Crippen molar-refractivity contribution in [1.29, 1.82) is 0 Å². The Bertz CT molecular complexity index is 726. The van der Waals surface area contributed by atoms with Crippen LogP contribution in [0.1, 0.15) is 29.7 Å². The Hall–Kier alpha value is -2.38. The van der Waals surface area contributed by atoms with Gasteiger partial charge in [0.25, 0.3) is 0 Å². The molecule has 0 spiro atoms. The lowest BCUT2D eigenvalue weighted by Gasteiger charge is -2.16. The maximum atomic E-state index is 12.1. The Morgan fingerprint density at radius 3 is 2.40 bits per heavy atom. The summed E-state index contributed by atoms with van der Waals surface area (Å²) in [6, 6.07) is 8.07. The van der Waals surface area contributed by atoms with E-state index in [0.29, 0.717) is 11.1 Å². The fraction of sp³-hybridized carbons (Fsp3) is 0.235.